The van der Waals surface area contributed by atoms with E-state index in [-0.39, 0.29) is 18.4 Å². The van der Waals surface area contributed by atoms with Crippen molar-refractivity contribution < 1.29 is 9.59 Å². The highest BCUT2D eigenvalue weighted by Crippen LogP contribution is 2.22. The van der Waals surface area contributed by atoms with E-state index >= 15 is 0 Å². The van der Waals surface area contributed by atoms with Gasteiger partial charge in [0, 0.05) is 11.4 Å². The second-order valence-corrected chi connectivity index (χ2v) is 7.30. The van der Waals surface area contributed by atoms with E-state index < -0.39 is 6.04 Å². The molecular weight excluding hydrogens is 376 g/mol. The molecule has 154 valence electrons. The summed E-state index contributed by atoms with van der Waals surface area (Å²) in [6.07, 6.45) is 0. The normalized spacial score (nSPS) is 11.7. The van der Waals surface area contributed by atoms with Gasteiger partial charge in [-0.25, -0.2) is 4.98 Å². The summed E-state index contributed by atoms with van der Waals surface area (Å²) >= 11 is 0. The summed E-state index contributed by atoms with van der Waals surface area (Å²) in [6.45, 7) is 3.90. The SMILES string of the molecule is Cc1ccc(NC(=O)C(c2ccccc2)N(C)CC(=O)Nc2cccc(C)n2)cc1. The summed E-state index contributed by atoms with van der Waals surface area (Å²) in [6, 6.07) is 21.9. The number of carbonyl (C=O) groups is 2. The van der Waals surface area contributed by atoms with Crippen molar-refractivity contribution in [2.75, 3.05) is 24.2 Å². The van der Waals surface area contributed by atoms with Gasteiger partial charge in [-0.3, -0.25) is 14.5 Å². The van der Waals surface area contributed by atoms with Crippen molar-refractivity contribution in [2.45, 2.75) is 19.9 Å². The number of rotatable bonds is 7. The standard InChI is InChI=1S/C24H26N4O2/c1-17-12-14-20(15-13-17)26-24(30)23(19-9-5-4-6-10-19)28(3)16-22(29)27-21-11-7-8-18(2)25-21/h4-15,23H,16H2,1-3H3,(H,26,30)(H,25,27,29). The molecule has 2 aromatic carbocycles. The van der Waals surface area contributed by atoms with Gasteiger partial charge in [0.1, 0.15) is 11.9 Å². The lowest BCUT2D eigenvalue weighted by Gasteiger charge is -2.27. The molecule has 3 rings (SSSR count). The summed E-state index contributed by atoms with van der Waals surface area (Å²) in [5.74, 6) is 0.0578. The summed E-state index contributed by atoms with van der Waals surface area (Å²) < 4.78 is 0. The van der Waals surface area contributed by atoms with E-state index in [2.05, 4.69) is 15.6 Å². The van der Waals surface area contributed by atoms with Crippen molar-refractivity contribution in [1.29, 1.82) is 0 Å². The van der Waals surface area contributed by atoms with Gasteiger partial charge < -0.3 is 10.6 Å². The van der Waals surface area contributed by atoms with E-state index in [0.717, 1.165) is 16.8 Å². The van der Waals surface area contributed by atoms with Crippen molar-refractivity contribution in [2.24, 2.45) is 0 Å². The van der Waals surface area contributed by atoms with Crippen LogP contribution in [0, 0.1) is 13.8 Å². The summed E-state index contributed by atoms with van der Waals surface area (Å²) in [5, 5.41) is 5.75. The van der Waals surface area contributed by atoms with Crippen LogP contribution in [0.5, 0.6) is 0 Å². The number of nitrogens with one attached hydrogen (secondary N) is 2. The molecule has 1 aromatic heterocycles. The monoisotopic (exact) mass is 402 g/mol. The minimum atomic E-state index is -0.622. The van der Waals surface area contributed by atoms with Crippen LogP contribution in [-0.4, -0.2) is 35.3 Å². The molecule has 30 heavy (non-hydrogen) atoms. The molecule has 6 heteroatoms. The molecule has 0 aliphatic carbocycles. The quantitative estimate of drug-likeness (QED) is 0.628. The van der Waals surface area contributed by atoms with Crippen LogP contribution < -0.4 is 10.6 Å². The van der Waals surface area contributed by atoms with Gasteiger partial charge in [0.2, 0.25) is 11.8 Å². The molecule has 2 N–H and O–H groups in total. The maximum atomic E-state index is 13.1. The van der Waals surface area contributed by atoms with Crippen LogP contribution in [0.2, 0.25) is 0 Å². The van der Waals surface area contributed by atoms with E-state index in [4.69, 9.17) is 0 Å². The molecule has 0 saturated heterocycles. The Morgan fingerprint density at radius 3 is 2.27 bits per heavy atom. The Hall–Kier alpha value is -3.51. The van der Waals surface area contributed by atoms with Gasteiger partial charge in [-0.2, -0.15) is 0 Å². The lowest BCUT2D eigenvalue weighted by atomic mass is 10.0. The lowest BCUT2D eigenvalue weighted by molar-refractivity contribution is -0.123. The number of benzene rings is 2. The van der Waals surface area contributed by atoms with Crippen molar-refractivity contribution >= 4 is 23.3 Å². The molecular formula is C24H26N4O2. The summed E-state index contributed by atoms with van der Waals surface area (Å²) in [4.78, 5) is 31.7. The second-order valence-electron chi connectivity index (χ2n) is 7.30. The van der Waals surface area contributed by atoms with E-state index in [0.29, 0.717) is 11.5 Å². The molecule has 0 bridgehead atoms. The predicted molar refractivity (Wildman–Crippen MR) is 119 cm³/mol. The Kier molecular flexibility index (Phi) is 6.93. The molecule has 3 aromatic rings. The van der Waals surface area contributed by atoms with E-state index in [1.54, 1.807) is 18.0 Å². The van der Waals surface area contributed by atoms with Crippen LogP contribution in [-0.2, 0) is 9.59 Å². The number of hydrogen-bond donors (Lipinski definition) is 2. The first-order valence-electron chi connectivity index (χ1n) is 9.78. The Labute approximate surface area is 177 Å². The second kappa shape index (κ2) is 9.80. The van der Waals surface area contributed by atoms with Crippen LogP contribution in [0.4, 0.5) is 11.5 Å². The molecule has 0 radical (unpaired) electrons. The number of likely N-dealkylation sites (N-methyl/N-ethyl adjacent to an activating group) is 1. The highest BCUT2D eigenvalue weighted by molar-refractivity contribution is 5.96. The molecule has 6 nitrogen and oxygen atoms in total. The van der Waals surface area contributed by atoms with Gasteiger partial charge in [0.05, 0.1) is 6.54 Å². The first-order valence-corrected chi connectivity index (χ1v) is 9.78. The van der Waals surface area contributed by atoms with Crippen LogP contribution >= 0.6 is 0 Å². The Morgan fingerprint density at radius 1 is 0.900 bits per heavy atom. The van der Waals surface area contributed by atoms with Gasteiger partial charge in [0.25, 0.3) is 0 Å². The lowest BCUT2D eigenvalue weighted by Crippen LogP contribution is -2.39. The smallest absolute Gasteiger partial charge is 0.246 e. The zero-order valence-corrected chi connectivity index (χ0v) is 17.4. The molecule has 0 saturated carbocycles. The molecule has 0 aliphatic rings. The Bertz CT molecular complexity index is 1000. The topological polar surface area (TPSA) is 74.3 Å². The van der Waals surface area contributed by atoms with Gasteiger partial charge in [0.15, 0.2) is 0 Å². The minimum absolute atomic E-state index is 0.0382. The number of pyridine rings is 1. The van der Waals surface area contributed by atoms with Crippen molar-refractivity contribution in [3.05, 3.63) is 89.6 Å². The molecule has 1 heterocycles. The molecule has 0 spiro atoms. The number of amides is 2. The summed E-state index contributed by atoms with van der Waals surface area (Å²) in [7, 11) is 1.76. The Balaban J connectivity index is 1.75. The zero-order chi connectivity index (χ0) is 21.5. The molecule has 0 fully saturated rings. The van der Waals surface area contributed by atoms with Crippen molar-refractivity contribution in [3.8, 4) is 0 Å². The third-order valence-electron chi connectivity index (χ3n) is 4.67. The number of carbonyl (C=O) groups excluding carboxylic acids is 2. The molecule has 0 aliphatic heterocycles. The van der Waals surface area contributed by atoms with Gasteiger partial charge in [-0.05, 0) is 50.7 Å². The average molecular weight is 402 g/mol. The fourth-order valence-corrected chi connectivity index (χ4v) is 3.20. The van der Waals surface area contributed by atoms with Crippen molar-refractivity contribution in [3.63, 3.8) is 0 Å². The Morgan fingerprint density at radius 2 is 1.60 bits per heavy atom. The van der Waals surface area contributed by atoms with Crippen LogP contribution in [0.1, 0.15) is 22.9 Å². The largest absolute Gasteiger partial charge is 0.324 e. The van der Waals surface area contributed by atoms with Crippen LogP contribution in [0.15, 0.2) is 72.8 Å². The number of aryl methyl sites for hydroxylation is 2. The molecule has 2 amide bonds. The number of hydrogen-bond acceptors (Lipinski definition) is 4. The van der Waals surface area contributed by atoms with Gasteiger partial charge >= 0.3 is 0 Å². The maximum absolute atomic E-state index is 13.1. The van der Waals surface area contributed by atoms with E-state index in [1.165, 1.54) is 0 Å². The first-order chi connectivity index (χ1) is 14.4. The third kappa shape index (κ3) is 5.75. The number of anilines is 2. The van der Waals surface area contributed by atoms with E-state index in [9.17, 15) is 9.59 Å². The average Bonchev–Trinajstić information content (AvgIpc) is 2.70. The fourth-order valence-electron chi connectivity index (χ4n) is 3.20. The first kappa shape index (κ1) is 21.2. The van der Waals surface area contributed by atoms with Gasteiger partial charge in [-0.1, -0.05) is 54.1 Å². The number of aromatic nitrogens is 1. The fraction of sp³-hybridized carbons (Fsp3) is 0.208. The third-order valence-corrected chi connectivity index (χ3v) is 4.67. The van der Waals surface area contributed by atoms with Crippen LogP contribution in [0.25, 0.3) is 0 Å². The van der Waals surface area contributed by atoms with Gasteiger partial charge in [-0.15, -0.1) is 0 Å². The highest BCUT2D eigenvalue weighted by atomic mass is 16.2. The number of nitrogens with zero attached hydrogens (tertiary/aromatic N) is 2. The maximum Gasteiger partial charge on any atom is 0.246 e. The zero-order valence-electron chi connectivity index (χ0n) is 17.4. The van der Waals surface area contributed by atoms with Crippen LogP contribution in [0.3, 0.4) is 0 Å². The van der Waals surface area contributed by atoms with E-state index in [1.807, 2.05) is 80.6 Å². The minimum Gasteiger partial charge on any atom is -0.324 e. The summed E-state index contributed by atoms with van der Waals surface area (Å²) in [5.41, 5.74) is 3.46. The van der Waals surface area contributed by atoms with Crippen molar-refractivity contribution in [1.82, 2.24) is 9.88 Å². The molecule has 1 atom stereocenters. The highest BCUT2D eigenvalue weighted by Gasteiger charge is 2.26. The predicted octanol–water partition coefficient (Wildman–Crippen LogP) is 3.95. The molecule has 1 unspecified atom stereocenters.